The number of primary sulfonamides is 1. The summed E-state index contributed by atoms with van der Waals surface area (Å²) >= 11 is 1.28. The molecule has 3 aromatic carbocycles. The van der Waals surface area contributed by atoms with Crippen LogP contribution in [0.5, 0.6) is 5.75 Å². The number of para-hydroxylation sites is 2. The number of hydrogen-bond donors (Lipinski definition) is 2. The maximum atomic E-state index is 12.6. The number of thioether (sulfide) groups is 1. The fourth-order valence-electron chi connectivity index (χ4n) is 3.29. The highest BCUT2D eigenvalue weighted by Gasteiger charge is 2.15. The largest absolute Gasteiger partial charge is 0.494 e. The van der Waals surface area contributed by atoms with E-state index in [1.54, 1.807) is 6.07 Å². The number of aromatic nitrogens is 2. The number of anilines is 1. The fraction of sp³-hybridized carbons (Fsp3) is 0.130. The van der Waals surface area contributed by atoms with Crippen LogP contribution in [-0.4, -0.2) is 36.2 Å². The minimum absolute atomic E-state index is 0.0646. The maximum Gasteiger partial charge on any atom is 0.238 e. The van der Waals surface area contributed by atoms with E-state index in [1.165, 1.54) is 30.0 Å². The second-order valence-electron chi connectivity index (χ2n) is 7.06. The fourth-order valence-corrected chi connectivity index (χ4v) is 4.67. The third-order valence-electron chi connectivity index (χ3n) is 4.71. The summed E-state index contributed by atoms with van der Waals surface area (Å²) in [6.45, 7) is 2.52. The van der Waals surface area contributed by atoms with Gasteiger partial charge in [0, 0.05) is 11.4 Å². The molecule has 3 N–H and O–H groups in total. The molecule has 0 fully saturated rings. The number of nitrogens with two attached hydrogens (primary N) is 1. The Morgan fingerprint density at radius 1 is 1.09 bits per heavy atom. The van der Waals surface area contributed by atoms with E-state index in [0.717, 1.165) is 22.5 Å². The van der Waals surface area contributed by atoms with Crippen molar-refractivity contribution in [1.29, 1.82) is 0 Å². The summed E-state index contributed by atoms with van der Waals surface area (Å²) in [7, 11) is -3.85. The minimum atomic E-state index is -3.85. The zero-order valence-electron chi connectivity index (χ0n) is 17.8. The summed E-state index contributed by atoms with van der Waals surface area (Å²) in [6, 6.07) is 21.3. The molecule has 0 spiro atoms. The third-order valence-corrected chi connectivity index (χ3v) is 6.56. The molecule has 0 atom stereocenters. The van der Waals surface area contributed by atoms with Gasteiger partial charge in [0.1, 0.15) is 5.75 Å². The van der Waals surface area contributed by atoms with Crippen molar-refractivity contribution in [2.75, 3.05) is 17.7 Å². The maximum absolute atomic E-state index is 12.6. The molecule has 0 radical (unpaired) electrons. The molecule has 1 amide bonds. The number of amides is 1. The highest BCUT2D eigenvalue weighted by atomic mass is 32.2. The first-order chi connectivity index (χ1) is 15.8. The molecule has 1 aromatic heterocycles. The van der Waals surface area contributed by atoms with Gasteiger partial charge in [-0.3, -0.25) is 9.36 Å². The molecule has 0 bridgehead atoms. The first-order valence-electron chi connectivity index (χ1n) is 10.1. The lowest BCUT2D eigenvalue weighted by Gasteiger charge is -2.11. The van der Waals surface area contributed by atoms with E-state index in [2.05, 4.69) is 5.32 Å². The average molecular weight is 483 g/mol. The van der Waals surface area contributed by atoms with Crippen LogP contribution in [-0.2, 0) is 14.8 Å². The zero-order chi connectivity index (χ0) is 23.4. The van der Waals surface area contributed by atoms with Gasteiger partial charge in [-0.1, -0.05) is 30.0 Å². The number of nitrogens with one attached hydrogen (secondary N) is 1. The predicted octanol–water partition coefficient (Wildman–Crippen LogP) is 3.80. The molecule has 0 saturated heterocycles. The number of ether oxygens (including phenoxy) is 1. The zero-order valence-corrected chi connectivity index (χ0v) is 19.4. The SMILES string of the molecule is CCOc1ccc(-n2c(SCC(=O)Nc3cccc(S(N)(=O)=O)c3)nc3ccccc32)cc1. The Kier molecular flexibility index (Phi) is 6.68. The van der Waals surface area contributed by atoms with Gasteiger partial charge in [-0.2, -0.15) is 0 Å². The van der Waals surface area contributed by atoms with Gasteiger partial charge in [-0.25, -0.2) is 18.5 Å². The van der Waals surface area contributed by atoms with Gasteiger partial charge in [0.05, 0.1) is 28.3 Å². The number of benzene rings is 3. The van der Waals surface area contributed by atoms with Crippen LogP contribution < -0.4 is 15.2 Å². The van der Waals surface area contributed by atoms with Crippen LogP contribution in [0.15, 0.2) is 82.8 Å². The number of carbonyl (C=O) groups excluding carboxylic acids is 1. The van der Waals surface area contributed by atoms with E-state index < -0.39 is 10.0 Å². The number of fused-ring (bicyclic) bond motifs is 1. The lowest BCUT2D eigenvalue weighted by molar-refractivity contribution is -0.113. The molecule has 0 aliphatic heterocycles. The highest BCUT2D eigenvalue weighted by Crippen LogP contribution is 2.29. The normalized spacial score (nSPS) is 11.5. The molecule has 4 aromatic rings. The summed E-state index contributed by atoms with van der Waals surface area (Å²) < 4.78 is 30.6. The Balaban J connectivity index is 1.55. The Labute approximate surface area is 195 Å². The summed E-state index contributed by atoms with van der Waals surface area (Å²) in [4.78, 5) is 17.2. The molecular weight excluding hydrogens is 460 g/mol. The number of rotatable bonds is 8. The van der Waals surface area contributed by atoms with Crippen LogP contribution in [0.1, 0.15) is 6.92 Å². The lowest BCUT2D eigenvalue weighted by Crippen LogP contribution is -2.16. The average Bonchev–Trinajstić information content (AvgIpc) is 3.16. The van der Waals surface area contributed by atoms with Crippen LogP contribution in [0.3, 0.4) is 0 Å². The van der Waals surface area contributed by atoms with Crippen molar-refractivity contribution >= 4 is 44.4 Å². The van der Waals surface area contributed by atoms with E-state index in [1.807, 2.05) is 60.0 Å². The third kappa shape index (κ3) is 5.36. The van der Waals surface area contributed by atoms with Crippen LogP contribution >= 0.6 is 11.8 Å². The lowest BCUT2D eigenvalue weighted by atomic mass is 10.2. The molecule has 1 heterocycles. The van der Waals surface area contributed by atoms with Crippen LogP contribution in [0.2, 0.25) is 0 Å². The number of sulfonamides is 1. The Morgan fingerprint density at radius 3 is 2.58 bits per heavy atom. The first-order valence-corrected chi connectivity index (χ1v) is 12.6. The van der Waals surface area contributed by atoms with E-state index in [-0.39, 0.29) is 16.6 Å². The summed E-state index contributed by atoms with van der Waals surface area (Å²) in [5.41, 5.74) is 2.99. The van der Waals surface area contributed by atoms with E-state index >= 15 is 0 Å². The molecule has 10 heteroatoms. The van der Waals surface area contributed by atoms with Crippen molar-refractivity contribution in [1.82, 2.24) is 9.55 Å². The van der Waals surface area contributed by atoms with Crippen LogP contribution in [0, 0.1) is 0 Å². The molecule has 170 valence electrons. The monoisotopic (exact) mass is 482 g/mol. The molecule has 8 nitrogen and oxygen atoms in total. The van der Waals surface area contributed by atoms with Gasteiger partial charge in [0.15, 0.2) is 5.16 Å². The van der Waals surface area contributed by atoms with Crippen LogP contribution in [0.25, 0.3) is 16.7 Å². The van der Waals surface area contributed by atoms with E-state index in [9.17, 15) is 13.2 Å². The molecule has 4 rings (SSSR count). The Bertz CT molecular complexity index is 1400. The van der Waals surface area contributed by atoms with Gasteiger partial charge in [0.2, 0.25) is 15.9 Å². The first kappa shape index (κ1) is 22.8. The summed E-state index contributed by atoms with van der Waals surface area (Å²) in [5, 5.41) is 8.53. The molecule has 0 aliphatic carbocycles. The van der Waals surface area contributed by atoms with Crippen molar-refractivity contribution in [3.05, 3.63) is 72.8 Å². The molecule has 0 saturated carbocycles. The minimum Gasteiger partial charge on any atom is -0.494 e. The summed E-state index contributed by atoms with van der Waals surface area (Å²) in [5.74, 6) is 0.567. The Morgan fingerprint density at radius 2 is 1.85 bits per heavy atom. The van der Waals surface area contributed by atoms with Gasteiger partial charge in [-0.05, 0) is 61.5 Å². The molecular formula is C23H22N4O4S2. The van der Waals surface area contributed by atoms with Crippen molar-refractivity contribution in [2.24, 2.45) is 5.14 Å². The second kappa shape index (κ2) is 9.65. The van der Waals surface area contributed by atoms with Crippen LogP contribution in [0.4, 0.5) is 5.69 Å². The standard InChI is InChI=1S/C23H22N4O4S2/c1-2-31-18-12-10-17(11-13-18)27-21-9-4-3-8-20(21)26-23(27)32-15-22(28)25-16-6-5-7-19(14-16)33(24,29)30/h3-14H,2,15H2,1H3,(H,25,28)(H2,24,29,30). The van der Waals surface area contributed by atoms with Gasteiger partial charge < -0.3 is 10.1 Å². The number of nitrogens with zero attached hydrogens (tertiary/aromatic N) is 2. The smallest absolute Gasteiger partial charge is 0.238 e. The molecule has 0 aliphatic rings. The Hall–Kier alpha value is -3.34. The molecule has 33 heavy (non-hydrogen) atoms. The number of hydrogen-bond acceptors (Lipinski definition) is 6. The number of imidazole rings is 1. The highest BCUT2D eigenvalue weighted by molar-refractivity contribution is 7.99. The predicted molar refractivity (Wildman–Crippen MR) is 129 cm³/mol. The quantitative estimate of drug-likeness (QED) is 0.369. The van der Waals surface area contributed by atoms with Gasteiger partial charge in [-0.15, -0.1) is 0 Å². The topological polar surface area (TPSA) is 116 Å². The van der Waals surface area contributed by atoms with E-state index in [0.29, 0.717) is 17.5 Å². The van der Waals surface area contributed by atoms with Gasteiger partial charge >= 0.3 is 0 Å². The van der Waals surface area contributed by atoms with Gasteiger partial charge in [0.25, 0.3) is 0 Å². The molecule has 0 unspecified atom stereocenters. The number of carbonyl (C=O) groups is 1. The van der Waals surface area contributed by atoms with Crippen molar-refractivity contribution in [3.63, 3.8) is 0 Å². The summed E-state index contributed by atoms with van der Waals surface area (Å²) in [6.07, 6.45) is 0. The van der Waals surface area contributed by atoms with E-state index in [4.69, 9.17) is 14.9 Å². The van der Waals surface area contributed by atoms with Crippen molar-refractivity contribution in [2.45, 2.75) is 17.0 Å². The van der Waals surface area contributed by atoms with Crippen molar-refractivity contribution in [3.8, 4) is 11.4 Å². The van der Waals surface area contributed by atoms with Crippen molar-refractivity contribution < 1.29 is 17.9 Å². The second-order valence-corrected chi connectivity index (χ2v) is 9.56.